The second kappa shape index (κ2) is 7.46. The highest BCUT2D eigenvalue weighted by atomic mass is 16.5. The highest BCUT2D eigenvalue weighted by molar-refractivity contribution is 5.90. The lowest BCUT2D eigenvalue weighted by Crippen LogP contribution is -1.98. The average molecular weight is 393 g/mol. The van der Waals surface area contributed by atoms with Crippen molar-refractivity contribution < 1.29 is 14.6 Å². The summed E-state index contributed by atoms with van der Waals surface area (Å²) in [5.41, 5.74) is 3.94. The number of hydrogen-bond donors (Lipinski definition) is 1. The maximum atomic E-state index is 10.8. The molecule has 4 aromatic heterocycles. The van der Waals surface area contributed by atoms with Gasteiger partial charge in [0.25, 0.3) is 5.88 Å². The Hall–Kier alpha value is -3.55. The quantitative estimate of drug-likeness (QED) is 0.537. The molecule has 8 nitrogen and oxygen atoms in total. The van der Waals surface area contributed by atoms with Gasteiger partial charge in [-0.3, -0.25) is 9.25 Å². The van der Waals surface area contributed by atoms with Crippen LogP contribution in [0.2, 0.25) is 0 Å². The molecule has 0 fully saturated rings. The van der Waals surface area contributed by atoms with Crippen molar-refractivity contribution in [1.82, 2.24) is 24.3 Å². The van der Waals surface area contributed by atoms with Crippen LogP contribution in [0.1, 0.15) is 19.4 Å². The Morgan fingerprint density at radius 1 is 1.14 bits per heavy atom. The van der Waals surface area contributed by atoms with Gasteiger partial charge in [0.15, 0.2) is 5.75 Å². The maximum absolute atomic E-state index is 10.8. The van der Waals surface area contributed by atoms with E-state index in [0.29, 0.717) is 29.1 Å². The Balaban J connectivity index is 1.82. The van der Waals surface area contributed by atoms with E-state index in [0.717, 1.165) is 29.1 Å². The maximum Gasteiger partial charge on any atom is 0.256 e. The van der Waals surface area contributed by atoms with Crippen LogP contribution in [0, 0.1) is 6.92 Å². The molecule has 4 heterocycles. The molecule has 0 aliphatic rings. The van der Waals surface area contributed by atoms with Crippen molar-refractivity contribution >= 4 is 10.9 Å². The molecule has 0 aliphatic carbocycles. The van der Waals surface area contributed by atoms with Gasteiger partial charge in [-0.15, -0.1) is 0 Å². The monoisotopic (exact) mass is 393 g/mol. The molecule has 150 valence electrons. The smallest absolute Gasteiger partial charge is 0.256 e. The minimum Gasteiger partial charge on any atom is -0.494 e. The van der Waals surface area contributed by atoms with Crippen LogP contribution in [0.3, 0.4) is 0 Å². The van der Waals surface area contributed by atoms with Crippen molar-refractivity contribution in [3.63, 3.8) is 0 Å². The Kier molecular flexibility index (Phi) is 4.84. The third-order valence-electron chi connectivity index (χ3n) is 4.78. The van der Waals surface area contributed by atoms with Crippen molar-refractivity contribution in [2.24, 2.45) is 0 Å². The molecule has 4 aromatic rings. The van der Waals surface area contributed by atoms with Gasteiger partial charge in [0.2, 0.25) is 5.88 Å². The third kappa shape index (κ3) is 3.26. The van der Waals surface area contributed by atoms with Gasteiger partial charge in [0.1, 0.15) is 0 Å². The van der Waals surface area contributed by atoms with Gasteiger partial charge in [0.05, 0.1) is 42.2 Å². The van der Waals surface area contributed by atoms with Crippen LogP contribution in [-0.4, -0.2) is 43.1 Å². The normalized spacial score (nSPS) is 11.2. The molecule has 0 unspecified atom stereocenters. The van der Waals surface area contributed by atoms with Crippen LogP contribution in [0.25, 0.3) is 27.8 Å². The first-order valence-electron chi connectivity index (χ1n) is 9.47. The summed E-state index contributed by atoms with van der Waals surface area (Å²) in [5, 5.41) is 15.8. The largest absolute Gasteiger partial charge is 0.494 e. The van der Waals surface area contributed by atoms with Crippen LogP contribution in [-0.2, 0) is 6.54 Å². The van der Waals surface area contributed by atoms with Gasteiger partial charge in [-0.2, -0.15) is 5.10 Å². The first-order valence-corrected chi connectivity index (χ1v) is 9.47. The lowest BCUT2D eigenvalue weighted by Gasteiger charge is -2.10. The number of methoxy groups -OCH3 is 1. The molecule has 0 radical (unpaired) electrons. The Bertz CT molecular complexity index is 1180. The van der Waals surface area contributed by atoms with Gasteiger partial charge in [-0.1, -0.05) is 0 Å². The predicted molar refractivity (Wildman–Crippen MR) is 110 cm³/mol. The Morgan fingerprint density at radius 3 is 2.66 bits per heavy atom. The van der Waals surface area contributed by atoms with E-state index in [1.54, 1.807) is 24.1 Å². The van der Waals surface area contributed by atoms with E-state index in [1.807, 2.05) is 50.0 Å². The van der Waals surface area contributed by atoms with Gasteiger partial charge < -0.3 is 14.6 Å². The van der Waals surface area contributed by atoms with E-state index >= 15 is 0 Å². The molecule has 0 spiro atoms. The molecule has 4 rings (SSSR count). The van der Waals surface area contributed by atoms with Gasteiger partial charge in [-0.25, -0.2) is 9.97 Å². The zero-order valence-corrected chi connectivity index (χ0v) is 16.9. The molecule has 8 heteroatoms. The number of ether oxygens (including phenoxy) is 2. The fourth-order valence-electron chi connectivity index (χ4n) is 3.34. The van der Waals surface area contributed by atoms with Gasteiger partial charge >= 0.3 is 0 Å². The molecule has 0 atom stereocenters. The number of aromatic hydroxyl groups is 1. The fraction of sp³-hybridized carbons (Fsp3) is 0.286. The Labute approximate surface area is 168 Å². The molecule has 0 aliphatic heterocycles. The van der Waals surface area contributed by atoms with Gasteiger partial charge in [0, 0.05) is 30.7 Å². The summed E-state index contributed by atoms with van der Waals surface area (Å²) in [4.78, 5) is 9.10. The fourth-order valence-corrected chi connectivity index (χ4v) is 3.34. The summed E-state index contributed by atoms with van der Waals surface area (Å²) in [6, 6.07) is 3.78. The van der Waals surface area contributed by atoms with Crippen molar-refractivity contribution in [3.05, 3.63) is 42.5 Å². The second-order valence-corrected chi connectivity index (χ2v) is 6.63. The van der Waals surface area contributed by atoms with Crippen LogP contribution >= 0.6 is 0 Å². The molecular weight excluding hydrogens is 370 g/mol. The summed E-state index contributed by atoms with van der Waals surface area (Å²) >= 11 is 0. The summed E-state index contributed by atoms with van der Waals surface area (Å²) in [7, 11) is 1.58. The van der Waals surface area contributed by atoms with E-state index < -0.39 is 0 Å². The van der Waals surface area contributed by atoms with Crippen molar-refractivity contribution in [2.75, 3.05) is 13.7 Å². The SMILES string of the molecule is CCOc1ncc(-c2cc(C)c3c(O)n(-c4cnn(CC)c4)cc3n2)cc1OC. The third-order valence-corrected chi connectivity index (χ3v) is 4.78. The highest BCUT2D eigenvalue weighted by Gasteiger charge is 2.17. The minimum atomic E-state index is 0.148. The van der Waals surface area contributed by atoms with Crippen LogP contribution < -0.4 is 9.47 Å². The number of rotatable bonds is 6. The van der Waals surface area contributed by atoms with Crippen molar-refractivity contribution in [1.29, 1.82) is 0 Å². The van der Waals surface area contributed by atoms with Crippen LogP contribution in [0.4, 0.5) is 0 Å². The molecule has 0 bridgehead atoms. The number of hydrogen-bond acceptors (Lipinski definition) is 6. The number of nitrogens with zero attached hydrogens (tertiary/aromatic N) is 5. The van der Waals surface area contributed by atoms with Crippen molar-refractivity contribution in [3.8, 4) is 34.5 Å². The first kappa shape index (κ1) is 18.8. The Morgan fingerprint density at radius 2 is 1.97 bits per heavy atom. The lowest BCUT2D eigenvalue weighted by atomic mass is 10.1. The topological polar surface area (TPSA) is 87.2 Å². The number of pyridine rings is 2. The standard InChI is InChI=1S/C21H23N5O3/c1-5-25-11-15(10-23-25)26-12-17-19(21(26)27)13(3)7-16(24-17)14-8-18(28-4)20(22-9-14)29-6-2/h7-12,27H,5-6H2,1-4H3. The lowest BCUT2D eigenvalue weighted by molar-refractivity contribution is 0.298. The van der Waals surface area contributed by atoms with E-state index in [9.17, 15) is 5.11 Å². The molecule has 1 N–H and O–H groups in total. The van der Waals surface area contributed by atoms with Gasteiger partial charge in [-0.05, 0) is 38.5 Å². The van der Waals surface area contributed by atoms with E-state index in [1.165, 1.54) is 0 Å². The van der Waals surface area contributed by atoms with E-state index in [4.69, 9.17) is 14.5 Å². The second-order valence-electron chi connectivity index (χ2n) is 6.63. The summed E-state index contributed by atoms with van der Waals surface area (Å²) in [6.45, 7) is 7.13. The van der Waals surface area contributed by atoms with E-state index in [-0.39, 0.29) is 5.88 Å². The number of fused-ring (bicyclic) bond motifs is 1. The summed E-state index contributed by atoms with van der Waals surface area (Å²) < 4.78 is 14.4. The predicted octanol–water partition coefficient (Wildman–Crippen LogP) is 3.73. The van der Waals surface area contributed by atoms with Crippen molar-refractivity contribution in [2.45, 2.75) is 27.3 Å². The zero-order chi connectivity index (χ0) is 20.5. The van der Waals surface area contributed by atoms with Crippen LogP contribution in [0.5, 0.6) is 17.5 Å². The van der Waals surface area contributed by atoms with Crippen LogP contribution in [0.15, 0.2) is 36.9 Å². The molecule has 0 saturated heterocycles. The highest BCUT2D eigenvalue weighted by Crippen LogP contribution is 2.35. The van der Waals surface area contributed by atoms with E-state index in [2.05, 4.69) is 10.1 Å². The average Bonchev–Trinajstić information content (AvgIpc) is 3.33. The molecule has 0 saturated carbocycles. The zero-order valence-electron chi connectivity index (χ0n) is 16.9. The summed E-state index contributed by atoms with van der Waals surface area (Å²) in [6.07, 6.45) is 7.14. The number of aryl methyl sites for hydroxylation is 2. The summed E-state index contributed by atoms with van der Waals surface area (Å²) in [5.74, 6) is 1.15. The molecule has 29 heavy (non-hydrogen) atoms. The molecule has 0 amide bonds. The molecular formula is C21H23N5O3. The first-order chi connectivity index (χ1) is 14.0. The minimum absolute atomic E-state index is 0.148. The number of aromatic nitrogens is 5. The molecule has 0 aromatic carbocycles.